The van der Waals surface area contributed by atoms with Crippen LogP contribution in [0.5, 0.6) is 0 Å². The van der Waals surface area contributed by atoms with Crippen LogP contribution in [-0.4, -0.2) is 23.2 Å². The number of pyridine rings is 1. The Labute approximate surface area is 120 Å². The number of aliphatic hydroxyl groups excluding tert-OH is 1. The second-order valence-corrected chi connectivity index (χ2v) is 5.67. The Hall–Kier alpha value is -1.01. The van der Waals surface area contributed by atoms with Gasteiger partial charge in [0.15, 0.2) is 0 Å². The summed E-state index contributed by atoms with van der Waals surface area (Å²) in [4.78, 5) is 3.85. The topological polar surface area (TPSA) is 45.1 Å². The maximum atomic E-state index is 12.7. The third-order valence-corrected chi connectivity index (χ3v) is 3.96. The SMILES string of the molecule is OCC1(CNc2cc(C(F)(F)F)cc(Cl)n2)CCCC1. The normalized spacial score (nSPS) is 18.2. The van der Waals surface area contributed by atoms with E-state index in [0.717, 1.165) is 37.8 Å². The fourth-order valence-corrected chi connectivity index (χ4v) is 2.75. The van der Waals surface area contributed by atoms with Crippen LogP contribution in [0.15, 0.2) is 12.1 Å². The summed E-state index contributed by atoms with van der Waals surface area (Å²) < 4.78 is 38.0. The van der Waals surface area contributed by atoms with Gasteiger partial charge < -0.3 is 10.4 Å². The lowest BCUT2D eigenvalue weighted by Crippen LogP contribution is -2.30. The summed E-state index contributed by atoms with van der Waals surface area (Å²) in [5, 5.41) is 12.1. The van der Waals surface area contributed by atoms with Crippen molar-refractivity contribution in [1.29, 1.82) is 0 Å². The van der Waals surface area contributed by atoms with Crippen molar-refractivity contribution in [2.24, 2.45) is 5.41 Å². The molecule has 0 atom stereocenters. The Morgan fingerprint density at radius 1 is 1.30 bits per heavy atom. The highest BCUT2D eigenvalue weighted by Crippen LogP contribution is 2.38. The van der Waals surface area contributed by atoms with Gasteiger partial charge >= 0.3 is 6.18 Å². The minimum absolute atomic E-state index is 0.0205. The van der Waals surface area contributed by atoms with Crippen molar-refractivity contribution in [3.63, 3.8) is 0 Å². The fraction of sp³-hybridized carbons (Fsp3) is 0.615. The van der Waals surface area contributed by atoms with Gasteiger partial charge in [-0.3, -0.25) is 0 Å². The van der Waals surface area contributed by atoms with E-state index in [4.69, 9.17) is 11.6 Å². The molecule has 7 heteroatoms. The Morgan fingerprint density at radius 3 is 2.50 bits per heavy atom. The molecule has 0 bridgehead atoms. The Balaban J connectivity index is 2.11. The maximum Gasteiger partial charge on any atom is 0.416 e. The Morgan fingerprint density at radius 2 is 1.95 bits per heavy atom. The molecule has 0 aliphatic heterocycles. The number of hydrogen-bond acceptors (Lipinski definition) is 3. The van der Waals surface area contributed by atoms with Crippen molar-refractivity contribution in [2.45, 2.75) is 31.9 Å². The third kappa shape index (κ3) is 3.55. The molecule has 0 amide bonds. The van der Waals surface area contributed by atoms with Crippen LogP contribution in [0.2, 0.25) is 5.15 Å². The molecule has 0 radical (unpaired) electrons. The van der Waals surface area contributed by atoms with Gasteiger partial charge in [0, 0.05) is 12.0 Å². The first kappa shape index (κ1) is 15.4. The zero-order chi connectivity index (χ0) is 14.8. The predicted octanol–water partition coefficient (Wildman–Crippen LogP) is 3.72. The molecule has 2 N–H and O–H groups in total. The molecule has 1 saturated carbocycles. The summed E-state index contributed by atoms with van der Waals surface area (Å²) in [6.45, 7) is 0.417. The Kier molecular flexibility index (Phi) is 4.44. The first-order chi connectivity index (χ1) is 9.35. The first-order valence-electron chi connectivity index (χ1n) is 6.44. The molecule has 0 aromatic carbocycles. The highest BCUT2D eigenvalue weighted by Gasteiger charge is 2.34. The van der Waals surface area contributed by atoms with Crippen LogP contribution in [0, 0.1) is 5.41 Å². The number of aliphatic hydroxyl groups is 1. The second kappa shape index (κ2) is 5.77. The summed E-state index contributed by atoms with van der Waals surface area (Å²) in [5.74, 6) is 0.0875. The predicted molar refractivity (Wildman–Crippen MR) is 70.7 cm³/mol. The molecule has 1 aromatic heterocycles. The molecule has 0 spiro atoms. The highest BCUT2D eigenvalue weighted by molar-refractivity contribution is 6.29. The van der Waals surface area contributed by atoms with Crippen LogP contribution in [-0.2, 0) is 6.18 Å². The molecule has 20 heavy (non-hydrogen) atoms. The number of hydrogen-bond donors (Lipinski definition) is 2. The first-order valence-corrected chi connectivity index (χ1v) is 6.82. The van der Waals surface area contributed by atoms with Crippen molar-refractivity contribution in [2.75, 3.05) is 18.5 Å². The van der Waals surface area contributed by atoms with E-state index in [2.05, 4.69) is 10.3 Å². The molecule has 1 aliphatic rings. The van der Waals surface area contributed by atoms with Crippen molar-refractivity contribution in [3.05, 3.63) is 22.8 Å². The summed E-state index contributed by atoms with van der Waals surface area (Å²) in [7, 11) is 0. The van der Waals surface area contributed by atoms with E-state index in [9.17, 15) is 18.3 Å². The van der Waals surface area contributed by atoms with Gasteiger partial charge in [-0.05, 0) is 25.0 Å². The monoisotopic (exact) mass is 308 g/mol. The largest absolute Gasteiger partial charge is 0.416 e. The fourth-order valence-electron chi connectivity index (χ4n) is 2.54. The van der Waals surface area contributed by atoms with E-state index >= 15 is 0 Å². The lowest BCUT2D eigenvalue weighted by Gasteiger charge is -2.27. The molecule has 0 unspecified atom stereocenters. The lowest BCUT2D eigenvalue weighted by molar-refractivity contribution is -0.137. The van der Waals surface area contributed by atoms with Gasteiger partial charge in [0.1, 0.15) is 11.0 Å². The van der Waals surface area contributed by atoms with Crippen molar-refractivity contribution >= 4 is 17.4 Å². The third-order valence-electron chi connectivity index (χ3n) is 3.77. The molecule has 1 aliphatic carbocycles. The van der Waals surface area contributed by atoms with E-state index < -0.39 is 11.7 Å². The Bertz CT molecular complexity index is 473. The minimum atomic E-state index is -4.45. The van der Waals surface area contributed by atoms with Gasteiger partial charge in [-0.1, -0.05) is 24.4 Å². The lowest BCUT2D eigenvalue weighted by atomic mass is 9.87. The average molecular weight is 309 g/mol. The van der Waals surface area contributed by atoms with Crippen LogP contribution in [0.3, 0.4) is 0 Å². The molecule has 1 aromatic rings. The van der Waals surface area contributed by atoms with E-state index in [-0.39, 0.29) is 23.0 Å². The summed E-state index contributed by atoms with van der Waals surface area (Å²) in [6, 6.07) is 1.73. The second-order valence-electron chi connectivity index (χ2n) is 5.28. The number of aromatic nitrogens is 1. The van der Waals surface area contributed by atoms with Gasteiger partial charge in [-0.15, -0.1) is 0 Å². The standard InChI is InChI=1S/C13H16ClF3N2O/c14-10-5-9(13(15,16)17)6-11(19-10)18-7-12(8-20)3-1-2-4-12/h5-6,20H,1-4,7-8H2,(H,18,19). The van der Waals surface area contributed by atoms with Gasteiger partial charge in [0.25, 0.3) is 0 Å². The maximum absolute atomic E-state index is 12.7. The number of rotatable bonds is 4. The van der Waals surface area contributed by atoms with E-state index in [1.165, 1.54) is 0 Å². The van der Waals surface area contributed by atoms with Crippen LogP contribution in [0.25, 0.3) is 0 Å². The molecular weight excluding hydrogens is 293 g/mol. The van der Waals surface area contributed by atoms with Crippen LogP contribution in [0.1, 0.15) is 31.2 Å². The van der Waals surface area contributed by atoms with Crippen molar-refractivity contribution in [1.82, 2.24) is 4.98 Å². The van der Waals surface area contributed by atoms with Crippen LogP contribution in [0.4, 0.5) is 19.0 Å². The minimum Gasteiger partial charge on any atom is -0.396 e. The molecule has 0 saturated heterocycles. The van der Waals surface area contributed by atoms with Gasteiger partial charge in [-0.25, -0.2) is 4.98 Å². The zero-order valence-electron chi connectivity index (χ0n) is 10.8. The average Bonchev–Trinajstić information content (AvgIpc) is 2.84. The number of alkyl halides is 3. The van der Waals surface area contributed by atoms with Crippen molar-refractivity contribution in [3.8, 4) is 0 Å². The van der Waals surface area contributed by atoms with E-state index in [1.54, 1.807) is 0 Å². The highest BCUT2D eigenvalue weighted by atomic mass is 35.5. The summed E-state index contributed by atoms with van der Waals surface area (Å²) in [6.07, 6.45) is -0.671. The van der Waals surface area contributed by atoms with Gasteiger partial charge in [-0.2, -0.15) is 13.2 Å². The molecule has 1 fully saturated rings. The summed E-state index contributed by atoms with van der Waals surface area (Å²) >= 11 is 5.62. The van der Waals surface area contributed by atoms with Crippen LogP contribution < -0.4 is 5.32 Å². The number of nitrogens with one attached hydrogen (secondary N) is 1. The van der Waals surface area contributed by atoms with Gasteiger partial charge in [0.2, 0.25) is 0 Å². The van der Waals surface area contributed by atoms with E-state index in [0.29, 0.717) is 6.54 Å². The molecule has 112 valence electrons. The molecule has 3 nitrogen and oxygen atoms in total. The number of anilines is 1. The molecular formula is C13H16ClF3N2O. The molecule has 2 rings (SSSR count). The number of halogens is 4. The van der Waals surface area contributed by atoms with Gasteiger partial charge in [0.05, 0.1) is 12.2 Å². The van der Waals surface area contributed by atoms with Crippen molar-refractivity contribution < 1.29 is 18.3 Å². The smallest absolute Gasteiger partial charge is 0.396 e. The van der Waals surface area contributed by atoms with Crippen LogP contribution >= 0.6 is 11.6 Å². The zero-order valence-corrected chi connectivity index (χ0v) is 11.6. The summed E-state index contributed by atoms with van der Waals surface area (Å²) in [5.41, 5.74) is -1.09. The molecule has 1 heterocycles. The van der Waals surface area contributed by atoms with E-state index in [1.807, 2.05) is 0 Å². The number of nitrogens with zero attached hydrogens (tertiary/aromatic N) is 1. The quantitative estimate of drug-likeness (QED) is 0.833.